The molecule has 35 heavy (non-hydrogen) atoms. The number of fused-ring (bicyclic) bond motifs is 1. The van der Waals surface area contributed by atoms with Gasteiger partial charge >= 0.3 is 6.18 Å². The highest BCUT2D eigenvalue weighted by Gasteiger charge is 2.34. The van der Waals surface area contributed by atoms with Crippen LogP contribution in [0.2, 0.25) is 0 Å². The smallest absolute Gasteiger partial charge is 0.419 e. The number of amides is 1. The van der Waals surface area contributed by atoms with Gasteiger partial charge in [-0.2, -0.15) is 13.2 Å². The zero-order valence-electron chi connectivity index (χ0n) is 18.1. The lowest BCUT2D eigenvalue weighted by atomic mass is 10.1. The highest BCUT2D eigenvalue weighted by molar-refractivity contribution is 6.04. The van der Waals surface area contributed by atoms with Crippen LogP contribution in [0.3, 0.4) is 0 Å². The van der Waals surface area contributed by atoms with Crippen molar-refractivity contribution in [3.8, 4) is 5.75 Å². The lowest BCUT2D eigenvalue weighted by Gasteiger charge is -2.13. The maximum Gasteiger partial charge on any atom is 0.419 e. The number of halogens is 4. The summed E-state index contributed by atoms with van der Waals surface area (Å²) in [5, 5.41) is 15.4. The summed E-state index contributed by atoms with van der Waals surface area (Å²) in [5.41, 5.74) is -0.302. The summed E-state index contributed by atoms with van der Waals surface area (Å²) in [6.45, 7) is 1.44. The van der Waals surface area contributed by atoms with Gasteiger partial charge in [0.2, 0.25) is 0 Å². The van der Waals surface area contributed by atoms with E-state index < -0.39 is 34.8 Å². The number of hydrogen-bond acceptors (Lipinski definition) is 5. The number of aromatic nitrogens is 2. The summed E-state index contributed by atoms with van der Waals surface area (Å²) in [6.07, 6.45) is -3.35. The third kappa shape index (κ3) is 5.08. The number of carbonyl (C=O) groups excluding carboxylic acids is 2. The number of Topliss-reactive ketones (excluding diaryl/α,β-unsaturated/α-hetero) is 1. The van der Waals surface area contributed by atoms with E-state index in [1.165, 1.54) is 31.3 Å². The molecule has 0 saturated heterocycles. The lowest BCUT2D eigenvalue weighted by Crippen LogP contribution is -2.15. The minimum absolute atomic E-state index is 0.0180. The number of benzene rings is 2. The van der Waals surface area contributed by atoms with Crippen LogP contribution in [0.4, 0.5) is 28.9 Å². The molecule has 1 amide bonds. The number of phenols is 1. The number of anilines is 2. The van der Waals surface area contributed by atoms with E-state index in [0.29, 0.717) is 28.5 Å². The fraction of sp³-hybridized carbons (Fsp3) is 0.125. The Morgan fingerprint density at radius 3 is 2.60 bits per heavy atom. The van der Waals surface area contributed by atoms with Crippen LogP contribution in [-0.2, 0) is 12.7 Å². The first-order valence-electron chi connectivity index (χ1n) is 10.3. The maximum atomic E-state index is 15.0. The van der Waals surface area contributed by atoms with Gasteiger partial charge in [0.1, 0.15) is 11.4 Å². The number of aromatic hydroxyl groups is 1. The predicted octanol–water partition coefficient (Wildman–Crippen LogP) is 5.49. The monoisotopic (exact) mass is 486 g/mol. The second-order valence-corrected chi connectivity index (χ2v) is 7.72. The van der Waals surface area contributed by atoms with Crippen molar-refractivity contribution in [2.75, 3.05) is 10.6 Å². The number of H-pyrrole nitrogens is 1. The number of pyridine rings is 1. The summed E-state index contributed by atoms with van der Waals surface area (Å²) in [7, 11) is 0. The first-order valence-corrected chi connectivity index (χ1v) is 10.3. The largest absolute Gasteiger partial charge is 0.507 e. The molecule has 2 aromatic carbocycles. The van der Waals surface area contributed by atoms with Crippen molar-refractivity contribution in [2.24, 2.45) is 0 Å². The molecule has 7 nitrogen and oxygen atoms in total. The number of aromatic amines is 1. The van der Waals surface area contributed by atoms with Crippen molar-refractivity contribution < 1.29 is 32.3 Å². The van der Waals surface area contributed by atoms with Gasteiger partial charge in [0, 0.05) is 30.0 Å². The average Bonchev–Trinajstić information content (AvgIpc) is 3.23. The molecule has 2 aromatic heterocycles. The van der Waals surface area contributed by atoms with Crippen molar-refractivity contribution >= 4 is 34.1 Å². The number of nitrogens with one attached hydrogen (secondary N) is 3. The molecule has 2 heterocycles. The number of nitrogens with zero attached hydrogens (tertiary/aromatic N) is 1. The highest BCUT2D eigenvalue weighted by atomic mass is 19.4. The van der Waals surface area contributed by atoms with Crippen molar-refractivity contribution in [3.63, 3.8) is 0 Å². The molecular weight excluding hydrogens is 468 g/mol. The van der Waals surface area contributed by atoms with Gasteiger partial charge in [0.25, 0.3) is 5.91 Å². The number of rotatable bonds is 6. The fourth-order valence-electron chi connectivity index (χ4n) is 3.41. The summed E-state index contributed by atoms with van der Waals surface area (Å²) in [5.74, 6) is -2.89. The Bertz CT molecular complexity index is 1450. The summed E-state index contributed by atoms with van der Waals surface area (Å²) >= 11 is 0. The van der Waals surface area contributed by atoms with Gasteiger partial charge in [-0.05, 0) is 36.4 Å². The number of ketones is 1. The Morgan fingerprint density at radius 2 is 1.89 bits per heavy atom. The number of phenolic OH excluding ortho intramolecular Hbond substituents is 1. The van der Waals surface area contributed by atoms with Gasteiger partial charge in [-0.1, -0.05) is 12.1 Å². The molecule has 0 aliphatic rings. The SMILES string of the molecule is CC(=O)c1cc2cc(NCc3cccc(NC(=O)c4ccc(O)c(C(F)(F)F)c4)c3F)cnc2[nH]1. The molecule has 0 radical (unpaired) electrons. The van der Waals surface area contributed by atoms with Crippen LogP contribution in [-0.4, -0.2) is 26.8 Å². The molecule has 4 rings (SSSR count). The molecule has 4 N–H and O–H groups in total. The first-order chi connectivity index (χ1) is 16.5. The van der Waals surface area contributed by atoms with Gasteiger partial charge in [-0.15, -0.1) is 0 Å². The molecule has 0 aliphatic heterocycles. The van der Waals surface area contributed by atoms with E-state index in [1.54, 1.807) is 12.1 Å². The Labute approximate surface area is 195 Å². The third-order valence-electron chi connectivity index (χ3n) is 5.22. The van der Waals surface area contributed by atoms with Crippen molar-refractivity contribution in [2.45, 2.75) is 19.6 Å². The van der Waals surface area contributed by atoms with E-state index in [0.717, 1.165) is 12.1 Å². The fourth-order valence-corrected chi connectivity index (χ4v) is 3.41. The zero-order chi connectivity index (χ0) is 25.3. The second-order valence-electron chi connectivity index (χ2n) is 7.72. The molecule has 0 bridgehead atoms. The minimum Gasteiger partial charge on any atom is -0.507 e. The van der Waals surface area contributed by atoms with Crippen molar-refractivity contribution in [1.82, 2.24) is 9.97 Å². The van der Waals surface area contributed by atoms with Crippen LogP contribution in [0.5, 0.6) is 5.75 Å². The summed E-state index contributed by atoms with van der Waals surface area (Å²) < 4.78 is 54.0. The Morgan fingerprint density at radius 1 is 1.11 bits per heavy atom. The van der Waals surface area contributed by atoms with Crippen LogP contribution in [0.15, 0.2) is 54.7 Å². The van der Waals surface area contributed by atoms with Gasteiger partial charge in [0.05, 0.1) is 28.8 Å². The van der Waals surface area contributed by atoms with Crippen LogP contribution in [0, 0.1) is 5.82 Å². The molecule has 0 aliphatic carbocycles. The van der Waals surface area contributed by atoms with Crippen LogP contribution in [0.25, 0.3) is 11.0 Å². The Hall–Kier alpha value is -4.41. The molecule has 11 heteroatoms. The van der Waals surface area contributed by atoms with E-state index in [1.807, 2.05) is 0 Å². The molecule has 4 aromatic rings. The van der Waals surface area contributed by atoms with E-state index in [-0.39, 0.29) is 23.6 Å². The molecule has 0 fully saturated rings. The van der Waals surface area contributed by atoms with E-state index >= 15 is 0 Å². The number of alkyl halides is 3. The Balaban J connectivity index is 1.50. The van der Waals surface area contributed by atoms with Crippen molar-refractivity contribution in [1.29, 1.82) is 0 Å². The Kier molecular flexibility index (Phi) is 6.16. The number of hydrogen-bond donors (Lipinski definition) is 4. The standard InChI is InChI=1S/C24H18F4N4O3/c1-12(33)19-9-15-7-16(11-30-22(15)31-19)29-10-14-3-2-4-18(21(14)25)32-23(35)13-5-6-20(34)17(8-13)24(26,27)28/h2-9,11,29,34H,10H2,1H3,(H,30,31)(H,32,35). The molecule has 0 saturated carbocycles. The van der Waals surface area contributed by atoms with E-state index in [9.17, 15) is 32.3 Å². The minimum atomic E-state index is -4.86. The van der Waals surface area contributed by atoms with Crippen LogP contribution < -0.4 is 10.6 Å². The quantitative estimate of drug-likeness (QED) is 0.213. The molecule has 0 atom stereocenters. The highest BCUT2D eigenvalue weighted by Crippen LogP contribution is 2.36. The topological polar surface area (TPSA) is 107 Å². The molecular formula is C24H18F4N4O3. The van der Waals surface area contributed by atoms with Crippen LogP contribution in [0.1, 0.15) is 38.9 Å². The molecule has 0 spiro atoms. The lowest BCUT2D eigenvalue weighted by molar-refractivity contribution is -0.138. The van der Waals surface area contributed by atoms with E-state index in [2.05, 4.69) is 20.6 Å². The van der Waals surface area contributed by atoms with Gasteiger partial charge < -0.3 is 20.7 Å². The third-order valence-corrected chi connectivity index (χ3v) is 5.22. The van der Waals surface area contributed by atoms with Gasteiger partial charge in [0.15, 0.2) is 11.6 Å². The summed E-state index contributed by atoms with van der Waals surface area (Å²) in [6, 6.07) is 9.89. The van der Waals surface area contributed by atoms with E-state index in [4.69, 9.17) is 0 Å². The van der Waals surface area contributed by atoms with Gasteiger partial charge in [-0.25, -0.2) is 9.37 Å². The van der Waals surface area contributed by atoms with Gasteiger partial charge in [-0.3, -0.25) is 9.59 Å². The maximum absolute atomic E-state index is 15.0. The zero-order valence-corrected chi connectivity index (χ0v) is 18.1. The first kappa shape index (κ1) is 23.7. The molecule has 180 valence electrons. The molecule has 0 unspecified atom stereocenters. The second kappa shape index (κ2) is 9.09. The normalized spacial score (nSPS) is 11.5. The van der Waals surface area contributed by atoms with Crippen LogP contribution >= 0.6 is 0 Å². The van der Waals surface area contributed by atoms with Crippen molar-refractivity contribution in [3.05, 3.63) is 82.9 Å². The average molecular weight is 486 g/mol. The predicted molar refractivity (Wildman–Crippen MR) is 121 cm³/mol. The number of carbonyl (C=O) groups is 2. The summed E-state index contributed by atoms with van der Waals surface area (Å²) in [4.78, 5) is 31.1.